The van der Waals surface area contributed by atoms with Crippen molar-refractivity contribution in [2.75, 3.05) is 0 Å². The van der Waals surface area contributed by atoms with E-state index >= 15 is 0 Å². The van der Waals surface area contributed by atoms with Gasteiger partial charge in [-0.05, 0) is 93.4 Å². The molecule has 0 bridgehead atoms. The largest absolute Gasteiger partial charge is 0.573 e. The molecule has 9 heteroatoms. The number of aromatic nitrogens is 2. The summed E-state index contributed by atoms with van der Waals surface area (Å²) in [6.07, 6.45) is 9.91. The van der Waals surface area contributed by atoms with Gasteiger partial charge in [0.25, 0.3) is 0 Å². The van der Waals surface area contributed by atoms with Crippen molar-refractivity contribution in [1.82, 2.24) is 9.97 Å². The van der Waals surface area contributed by atoms with Crippen LogP contribution in [0.4, 0.5) is 22.0 Å². The Morgan fingerprint density at radius 2 is 1.45 bits per heavy atom. The number of rotatable bonds is 9. The molecule has 1 aromatic heterocycles. The molecule has 0 spiro atoms. The molecule has 2 atom stereocenters. The maximum Gasteiger partial charge on any atom is 0.573 e. The lowest BCUT2D eigenvalue weighted by Crippen LogP contribution is -2.37. The van der Waals surface area contributed by atoms with Gasteiger partial charge in [0.05, 0.1) is 18.3 Å². The summed E-state index contributed by atoms with van der Waals surface area (Å²) in [5.41, 5.74) is 0.412. The van der Waals surface area contributed by atoms with E-state index in [1.165, 1.54) is 25.0 Å². The second-order valence-corrected chi connectivity index (χ2v) is 10.3. The molecule has 0 aliphatic heterocycles. The van der Waals surface area contributed by atoms with Crippen LogP contribution in [0.5, 0.6) is 11.5 Å². The van der Waals surface area contributed by atoms with Gasteiger partial charge >= 0.3 is 12.5 Å². The number of ether oxygens (including phenoxy) is 2. The predicted octanol–water partition coefficient (Wildman–Crippen LogP) is 8.76. The molecule has 206 valence electrons. The molecule has 1 heterocycles. The van der Waals surface area contributed by atoms with Gasteiger partial charge in [0, 0.05) is 5.56 Å². The maximum atomic E-state index is 14.9. The second-order valence-electron chi connectivity index (χ2n) is 10.3. The molecular weight excluding hydrogens is 503 g/mol. The molecule has 1 saturated carbocycles. The third kappa shape index (κ3) is 8.27. The molecule has 38 heavy (non-hydrogen) atoms. The van der Waals surface area contributed by atoms with Crippen molar-refractivity contribution in [3.63, 3.8) is 0 Å². The van der Waals surface area contributed by atoms with Crippen molar-refractivity contribution in [2.45, 2.75) is 70.8 Å². The molecule has 0 amide bonds. The number of benzene rings is 1. The minimum absolute atomic E-state index is 0.160. The van der Waals surface area contributed by atoms with Crippen molar-refractivity contribution in [2.24, 2.45) is 23.7 Å². The van der Waals surface area contributed by atoms with Crippen LogP contribution in [-0.2, 0) is 0 Å². The highest BCUT2D eigenvalue weighted by atomic mass is 19.4. The lowest BCUT2D eigenvalue weighted by molar-refractivity contribution is -0.274. The molecule has 0 saturated heterocycles. The summed E-state index contributed by atoms with van der Waals surface area (Å²) >= 11 is 0. The molecule has 4 nitrogen and oxygen atoms in total. The van der Waals surface area contributed by atoms with Crippen LogP contribution in [0.1, 0.15) is 58.3 Å². The van der Waals surface area contributed by atoms with Crippen LogP contribution < -0.4 is 9.47 Å². The molecule has 0 radical (unpaired) electrons. The van der Waals surface area contributed by atoms with Crippen LogP contribution in [0, 0.1) is 23.7 Å². The first-order valence-corrected chi connectivity index (χ1v) is 13.2. The molecule has 2 unspecified atom stereocenters. The van der Waals surface area contributed by atoms with Crippen LogP contribution in [0.25, 0.3) is 11.4 Å². The number of hydrogen-bond donors (Lipinski definition) is 0. The van der Waals surface area contributed by atoms with Crippen molar-refractivity contribution in [3.8, 4) is 22.9 Å². The highest BCUT2D eigenvalue weighted by molar-refractivity contribution is 5.56. The topological polar surface area (TPSA) is 44.2 Å². The fourth-order valence-electron chi connectivity index (χ4n) is 5.07. The van der Waals surface area contributed by atoms with E-state index in [4.69, 9.17) is 4.74 Å². The SMILES string of the molecule is CC1C=CC(C/C=C\CC2CCC(C(F)(F)Oc3cnc(-c4ccc(OC(F)(F)F)cc4)nc3)CC2)CC1. The predicted molar refractivity (Wildman–Crippen MR) is 135 cm³/mol. The normalized spacial score (nSPS) is 24.5. The summed E-state index contributed by atoms with van der Waals surface area (Å²) in [4.78, 5) is 8.06. The van der Waals surface area contributed by atoms with E-state index in [2.05, 4.69) is 45.9 Å². The Balaban J connectivity index is 1.22. The lowest BCUT2D eigenvalue weighted by Gasteiger charge is -2.32. The van der Waals surface area contributed by atoms with Gasteiger partial charge in [-0.1, -0.05) is 31.2 Å². The van der Waals surface area contributed by atoms with Gasteiger partial charge in [0.1, 0.15) is 5.75 Å². The highest BCUT2D eigenvalue weighted by Gasteiger charge is 2.44. The van der Waals surface area contributed by atoms with Crippen LogP contribution >= 0.6 is 0 Å². The van der Waals surface area contributed by atoms with E-state index in [0.29, 0.717) is 36.2 Å². The van der Waals surface area contributed by atoms with Crippen molar-refractivity contribution < 1.29 is 31.4 Å². The Hall–Kier alpha value is -2.97. The highest BCUT2D eigenvalue weighted by Crippen LogP contribution is 2.41. The monoisotopic (exact) mass is 536 g/mol. The summed E-state index contributed by atoms with van der Waals surface area (Å²) in [6, 6.07) is 4.97. The fraction of sp³-hybridized carbons (Fsp3) is 0.517. The zero-order chi connectivity index (χ0) is 27.2. The summed E-state index contributed by atoms with van der Waals surface area (Å²) < 4.78 is 75.5. The van der Waals surface area contributed by atoms with Crippen LogP contribution in [-0.4, -0.2) is 22.4 Å². The molecular formula is C29H33F5N2O2. The van der Waals surface area contributed by atoms with Crippen LogP contribution in [0.2, 0.25) is 0 Å². The molecule has 1 fully saturated rings. The van der Waals surface area contributed by atoms with Gasteiger partial charge in [-0.15, -0.1) is 13.2 Å². The number of hydrogen-bond acceptors (Lipinski definition) is 4. The molecule has 4 rings (SSSR count). The first-order valence-electron chi connectivity index (χ1n) is 13.2. The summed E-state index contributed by atoms with van der Waals surface area (Å²) in [6.45, 7) is 2.24. The van der Waals surface area contributed by atoms with Gasteiger partial charge in [0.15, 0.2) is 11.6 Å². The number of alkyl halides is 5. The minimum atomic E-state index is -4.79. The minimum Gasteiger partial charge on any atom is -0.429 e. The first kappa shape index (κ1) is 28.0. The summed E-state index contributed by atoms with van der Waals surface area (Å²) in [5, 5.41) is 0. The molecule has 2 aliphatic rings. The van der Waals surface area contributed by atoms with E-state index in [-0.39, 0.29) is 17.3 Å². The number of nitrogens with zero attached hydrogens (tertiary/aromatic N) is 2. The van der Waals surface area contributed by atoms with Gasteiger partial charge in [-0.25, -0.2) is 9.97 Å². The van der Waals surface area contributed by atoms with Crippen molar-refractivity contribution in [3.05, 3.63) is 61.0 Å². The smallest absolute Gasteiger partial charge is 0.429 e. The fourth-order valence-corrected chi connectivity index (χ4v) is 5.07. The Morgan fingerprint density at radius 1 is 0.789 bits per heavy atom. The molecule has 2 aromatic rings. The molecule has 1 aromatic carbocycles. The van der Waals surface area contributed by atoms with Gasteiger partial charge in [0.2, 0.25) is 0 Å². The Labute approximate surface area is 220 Å². The quantitative estimate of drug-likeness (QED) is 0.237. The second kappa shape index (κ2) is 12.3. The van der Waals surface area contributed by atoms with Gasteiger partial charge in [-0.2, -0.15) is 8.78 Å². The van der Waals surface area contributed by atoms with E-state index in [0.717, 1.165) is 50.2 Å². The molecule has 0 N–H and O–H groups in total. The Kier molecular flexibility index (Phi) is 9.05. The first-order chi connectivity index (χ1) is 18.1. The standard InChI is InChI=1S/C29H33F5N2O2/c1-20-6-8-21(9-7-20)4-2-3-5-22-10-14-24(15-11-22)28(30,31)37-26-18-35-27(36-19-26)23-12-16-25(17-13-23)38-29(32,33)34/h2-3,6,8,12-13,16-22,24H,4-5,7,9-11,14-15H2,1H3/b3-2-. The van der Waals surface area contributed by atoms with Crippen LogP contribution in [0.3, 0.4) is 0 Å². The zero-order valence-corrected chi connectivity index (χ0v) is 21.3. The average molecular weight is 537 g/mol. The van der Waals surface area contributed by atoms with E-state index in [1.807, 2.05) is 0 Å². The summed E-state index contributed by atoms with van der Waals surface area (Å²) in [5.74, 6) is 0.460. The lowest BCUT2D eigenvalue weighted by atomic mass is 9.80. The summed E-state index contributed by atoms with van der Waals surface area (Å²) in [7, 11) is 0. The van der Waals surface area contributed by atoms with Gasteiger partial charge < -0.3 is 9.47 Å². The zero-order valence-electron chi connectivity index (χ0n) is 21.3. The van der Waals surface area contributed by atoms with Gasteiger partial charge in [-0.3, -0.25) is 0 Å². The van der Waals surface area contributed by atoms with E-state index in [1.54, 1.807) is 0 Å². The number of halogens is 5. The van der Waals surface area contributed by atoms with Crippen molar-refractivity contribution >= 4 is 0 Å². The third-order valence-corrected chi connectivity index (χ3v) is 7.33. The van der Waals surface area contributed by atoms with E-state index < -0.39 is 18.4 Å². The van der Waals surface area contributed by atoms with E-state index in [9.17, 15) is 22.0 Å². The number of allylic oxidation sites excluding steroid dienone is 4. The maximum absolute atomic E-state index is 14.9. The Morgan fingerprint density at radius 3 is 2.05 bits per heavy atom. The Bertz CT molecular complexity index is 1080. The van der Waals surface area contributed by atoms with Crippen LogP contribution in [0.15, 0.2) is 61.0 Å². The molecule has 2 aliphatic carbocycles. The average Bonchev–Trinajstić information content (AvgIpc) is 2.88. The third-order valence-electron chi connectivity index (χ3n) is 7.33. The van der Waals surface area contributed by atoms with Crippen molar-refractivity contribution in [1.29, 1.82) is 0 Å².